The van der Waals surface area contributed by atoms with Crippen LogP contribution in [-0.2, 0) is 0 Å². The molecule has 0 aromatic carbocycles. The Kier molecular flexibility index (Phi) is 1.30. The van der Waals surface area contributed by atoms with Crippen LogP contribution in [0.2, 0.25) is 0 Å². The van der Waals surface area contributed by atoms with E-state index in [1.54, 1.807) is 0 Å². The van der Waals surface area contributed by atoms with Gasteiger partial charge < -0.3 is 5.32 Å². The molecule has 3 rings (SSSR count). The van der Waals surface area contributed by atoms with Crippen LogP contribution in [0, 0.1) is 10.8 Å². The van der Waals surface area contributed by atoms with Gasteiger partial charge >= 0.3 is 0 Å². The quantitative estimate of drug-likeness (QED) is 0.613. The molecule has 0 aromatic rings. The van der Waals surface area contributed by atoms with E-state index in [0.717, 1.165) is 38.8 Å². The van der Waals surface area contributed by atoms with Crippen molar-refractivity contribution >= 4 is 0 Å². The molecule has 1 saturated heterocycles. The van der Waals surface area contributed by atoms with Gasteiger partial charge in [-0.25, -0.2) is 8.78 Å². The zero-order valence-electron chi connectivity index (χ0n) is 7.71. The van der Waals surface area contributed by atoms with Crippen LogP contribution in [0.25, 0.3) is 0 Å². The molecule has 1 heterocycles. The lowest BCUT2D eigenvalue weighted by atomic mass is 9.53. The molecule has 1 atom stereocenters. The Labute approximate surface area is 76.9 Å². The third-order valence-electron chi connectivity index (χ3n) is 4.71. The molecule has 1 N–H and O–H groups in total. The highest BCUT2D eigenvalue weighted by Crippen LogP contribution is 2.81. The number of alkyl halides is 2. The molecule has 2 spiro atoms. The fourth-order valence-corrected chi connectivity index (χ4v) is 3.60. The number of hydrogen-bond acceptors (Lipinski definition) is 1. The van der Waals surface area contributed by atoms with Crippen LogP contribution in [0.3, 0.4) is 0 Å². The smallest absolute Gasteiger partial charge is 0.255 e. The maximum Gasteiger partial charge on any atom is 0.255 e. The molecule has 0 bridgehead atoms. The molecule has 3 aliphatic rings. The molecule has 0 radical (unpaired) electrons. The number of piperidine rings is 1. The van der Waals surface area contributed by atoms with Crippen molar-refractivity contribution in [1.29, 1.82) is 0 Å². The van der Waals surface area contributed by atoms with Crippen molar-refractivity contribution in [3.8, 4) is 0 Å². The van der Waals surface area contributed by atoms with E-state index >= 15 is 0 Å². The van der Waals surface area contributed by atoms with Crippen LogP contribution in [0.1, 0.15) is 32.1 Å². The highest BCUT2D eigenvalue weighted by Gasteiger charge is 2.82. The molecule has 3 heteroatoms. The van der Waals surface area contributed by atoms with Gasteiger partial charge in [0.2, 0.25) is 0 Å². The van der Waals surface area contributed by atoms with E-state index in [9.17, 15) is 8.78 Å². The fourth-order valence-electron chi connectivity index (χ4n) is 3.60. The van der Waals surface area contributed by atoms with Gasteiger partial charge in [-0.05, 0) is 44.2 Å². The normalized spacial score (nSPS) is 44.8. The average molecular weight is 187 g/mol. The number of fused-ring (bicyclic) bond motifs is 1. The Morgan fingerprint density at radius 1 is 0.923 bits per heavy atom. The van der Waals surface area contributed by atoms with E-state index in [2.05, 4.69) is 5.32 Å². The van der Waals surface area contributed by atoms with E-state index in [0.29, 0.717) is 0 Å². The summed E-state index contributed by atoms with van der Waals surface area (Å²) < 4.78 is 26.5. The lowest BCUT2D eigenvalue weighted by Crippen LogP contribution is -2.51. The zero-order chi connectivity index (χ0) is 9.16. The molecule has 0 aromatic heterocycles. The molecule has 0 amide bonds. The Morgan fingerprint density at radius 2 is 1.54 bits per heavy atom. The molecule has 74 valence electrons. The molecule has 1 nitrogen and oxygen atoms in total. The van der Waals surface area contributed by atoms with Gasteiger partial charge in [-0.1, -0.05) is 0 Å². The third kappa shape index (κ3) is 0.756. The summed E-state index contributed by atoms with van der Waals surface area (Å²) in [6.07, 6.45) is 3.95. The van der Waals surface area contributed by atoms with Gasteiger partial charge in [0.25, 0.3) is 5.92 Å². The fraction of sp³-hybridized carbons (Fsp3) is 1.00. The summed E-state index contributed by atoms with van der Waals surface area (Å²) in [5.41, 5.74) is -0.510. The minimum absolute atomic E-state index is 0.0295. The second-order valence-electron chi connectivity index (χ2n) is 4.99. The van der Waals surface area contributed by atoms with Crippen LogP contribution in [0.4, 0.5) is 8.78 Å². The first-order valence-electron chi connectivity index (χ1n) is 5.21. The second kappa shape index (κ2) is 2.08. The number of nitrogens with one attached hydrogen (secondary N) is 1. The van der Waals surface area contributed by atoms with Crippen LogP contribution in [0.5, 0.6) is 0 Å². The standard InChI is InChI=1S/C10H15F2N/c11-10(12)7-9(10)2-1-8(9)3-5-13-6-4-8/h13H,1-7H2/t9-/m1/s1. The first kappa shape index (κ1) is 8.16. The molecular weight excluding hydrogens is 172 g/mol. The van der Waals surface area contributed by atoms with Crippen LogP contribution in [-0.4, -0.2) is 19.0 Å². The van der Waals surface area contributed by atoms with Crippen molar-refractivity contribution in [3.63, 3.8) is 0 Å². The Balaban J connectivity index is 1.85. The van der Waals surface area contributed by atoms with Crippen molar-refractivity contribution in [2.75, 3.05) is 13.1 Å². The largest absolute Gasteiger partial charge is 0.317 e. The predicted octanol–water partition coefficient (Wildman–Crippen LogP) is 2.18. The predicted molar refractivity (Wildman–Crippen MR) is 45.8 cm³/mol. The Bertz CT molecular complexity index is 245. The Hall–Kier alpha value is -0.180. The lowest BCUT2D eigenvalue weighted by molar-refractivity contribution is -0.0986. The lowest BCUT2D eigenvalue weighted by Gasteiger charge is -2.53. The van der Waals surface area contributed by atoms with Crippen LogP contribution >= 0.6 is 0 Å². The summed E-state index contributed by atoms with van der Waals surface area (Å²) in [6, 6.07) is 0. The van der Waals surface area contributed by atoms with Gasteiger partial charge in [-0.2, -0.15) is 0 Å². The number of hydrogen-bond donors (Lipinski definition) is 1. The van der Waals surface area contributed by atoms with Crippen LogP contribution in [0.15, 0.2) is 0 Å². The summed E-state index contributed by atoms with van der Waals surface area (Å²) in [7, 11) is 0. The van der Waals surface area contributed by atoms with Crippen molar-refractivity contribution in [2.45, 2.75) is 38.0 Å². The maximum atomic E-state index is 13.2. The first-order chi connectivity index (χ1) is 6.12. The summed E-state index contributed by atoms with van der Waals surface area (Å²) in [4.78, 5) is 0. The molecular formula is C10H15F2N. The third-order valence-corrected chi connectivity index (χ3v) is 4.71. The van der Waals surface area contributed by atoms with Gasteiger partial charge in [0.1, 0.15) is 0 Å². The van der Waals surface area contributed by atoms with E-state index in [4.69, 9.17) is 0 Å². The van der Waals surface area contributed by atoms with E-state index in [1.165, 1.54) is 0 Å². The summed E-state index contributed by atoms with van der Waals surface area (Å²) in [5, 5.41) is 3.26. The highest BCUT2D eigenvalue weighted by molar-refractivity contribution is 5.25. The molecule has 2 saturated carbocycles. The minimum atomic E-state index is -2.32. The SMILES string of the molecule is FC1(F)C[C@@]12CCC21CCNCC1. The topological polar surface area (TPSA) is 12.0 Å². The molecule has 1 aliphatic heterocycles. The molecule has 2 aliphatic carbocycles. The summed E-state index contributed by atoms with van der Waals surface area (Å²) in [6.45, 7) is 1.88. The molecule has 0 unspecified atom stereocenters. The summed E-state index contributed by atoms with van der Waals surface area (Å²) in [5.74, 6) is -2.32. The van der Waals surface area contributed by atoms with Gasteiger partial charge in [-0.15, -0.1) is 0 Å². The van der Waals surface area contributed by atoms with Gasteiger partial charge in [0.15, 0.2) is 0 Å². The average Bonchev–Trinajstić information content (AvgIpc) is 2.73. The van der Waals surface area contributed by atoms with Gasteiger partial charge in [0.05, 0.1) is 0 Å². The van der Waals surface area contributed by atoms with Gasteiger partial charge in [-0.3, -0.25) is 0 Å². The van der Waals surface area contributed by atoms with Crippen molar-refractivity contribution in [2.24, 2.45) is 10.8 Å². The number of halogens is 2. The monoisotopic (exact) mass is 187 g/mol. The minimum Gasteiger partial charge on any atom is -0.317 e. The van der Waals surface area contributed by atoms with E-state index in [-0.39, 0.29) is 11.8 Å². The summed E-state index contributed by atoms with van der Waals surface area (Å²) >= 11 is 0. The van der Waals surface area contributed by atoms with E-state index in [1.807, 2.05) is 0 Å². The highest BCUT2D eigenvalue weighted by atomic mass is 19.3. The van der Waals surface area contributed by atoms with Gasteiger partial charge in [0, 0.05) is 11.8 Å². The van der Waals surface area contributed by atoms with Crippen molar-refractivity contribution in [3.05, 3.63) is 0 Å². The second-order valence-corrected chi connectivity index (χ2v) is 4.99. The van der Waals surface area contributed by atoms with Crippen molar-refractivity contribution in [1.82, 2.24) is 5.32 Å². The van der Waals surface area contributed by atoms with Crippen LogP contribution < -0.4 is 5.32 Å². The Morgan fingerprint density at radius 3 is 1.92 bits per heavy atom. The number of rotatable bonds is 0. The van der Waals surface area contributed by atoms with Crippen molar-refractivity contribution < 1.29 is 8.78 Å². The molecule has 3 fully saturated rings. The van der Waals surface area contributed by atoms with E-state index < -0.39 is 11.3 Å². The first-order valence-corrected chi connectivity index (χ1v) is 5.21. The molecule has 13 heavy (non-hydrogen) atoms. The zero-order valence-corrected chi connectivity index (χ0v) is 7.71. The maximum absolute atomic E-state index is 13.2.